The number of nitro groups is 2. The van der Waals surface area contributed by atoms with Crippen LogP contribution < -0.4 is 0 Å². The van der Waals surface area contributed by atoms with Gasteiger partial charge in [-0.15, -0.1) is 0 Å². The summed E-state index contributed by atoms with van der Waals surface area (Å²) in [6.45, 7) is 3.81. The molecule has 0 aromatic heterocycles. The van der Waals surface area contributed by atoms with Gasteiger partial charge < -0.3 is 0 Å². The van der Waals surface area contributed by atoms with Crippen LogP contribution in [0.3, 0.4) is 0 Å². The zero-order valence-corrected chi connectivity index (χ0v) is 12.6. The number of nitro benzene ring substituents is 2. The monoisotopic (exact) mass is 324 g/mol. The van der Waals surface area contributed by atoms with Crippen molar-refractivity contribution in [2.24, 2.45) is 0 Å². The summed E-state index contributed by atoms with van der Waals surface area (Å²) in [5, 5.41) is 22.2. The van der Waals surface area contributed by atoms with Gasteiger partial charge in [-0.3, -0.25) is 24.9 Å². The summed E-state index contributed by atoms with van der Waals surface area (Å²) in [5.74, 6) is 0. The van der Waals surface area contributed by atoms with Gasteiger partial charge in [-0.2, -0.15) is 0 Å². The molecule has 22 heavy (non-hydrogen) atoms. The van der Waals surface area contributed by atoms with Gasteiger partial charge in [-0.1, -0.05) is 29.5 Å². The number of hydrogen-bond acceptors (Lipinski definition) is 5. The Labute approximate surface area is 129 Å². The van der Waals surface area contributed by atoms with E-state index in [1.165, 1.54) is 18.2 Å². The van der Waals surface area contributed by atoms with E-state index in [0.29, 0.717) is 0 Å². The normalized spacial score (nSPS) is 9.91. The maximum atomic E-state index is 11.1. The van der Waals surface area contributed by atoms with Crippen molar-refractivity contribution in [2.75, 3.05) is 0 Å². The highest BCUT2D eigenvalue weighted by atomic mass is 32.2. The van der Waals surface area contributed by atoms with E-state index in [-0.39, 0.29) is 21.0 Å². The van der Waals surface area contributed by atoms with E-state index < -0.39 is 9.85 Å². The highest BCUT2D eigenvalue weighted by Gasteiger charge is 2.25. The fraction of sp³-hybridized carbons (Fsp3) is 0.143. The Kier molecular flexibility index (Phi) is 5.58. The van der Waals surface area contributed by atoms with Gasteiger partial charge in [0.15, 0.2) is 4.90 Å². The fourth-order valence-corrected chi connectivity index (χ4v) is 3.00. The lowest BCUT2D eigenvalue weighted by molar-refractivity contribution is -0.399. The number of benzene rings is 2. The van der Waals surface area contributed by atoms with Gasteiger partial charge >= 0.3 is 0 Å². The maximum Gasteiger partial charge on any atom is 0.290 e. The van der Waals surface area contributed by atoms with Crippen molar-refractivity contribution >= 4 is 23.1 Å². The van der Waals surface area contributed by atoms with Crippen LogP contribution in [0.25, 0.3) is 0 Å². The molecule has 0 aliphatic carbocycles. The summed E-state index contributed by atoms with van der Waals surface area (Å²) in [4.78, 5) is 21.8. The van der Waals surface area contributed by atoms with Crippen molar-refractivity contribution < 1.29 is 14.6 Å². The Morgan fingerprint density at radius 1 is 0.955 bits per heavy atom. The molecule has 0 heterocycles. The molecule has 0 saturated heterocycles. The number of aryl methyl sites for hydroxylation is 2. The molecule has 0 bridgehead atoms. The second-order valence-electron chi connectivity index (χ2n) is 4.51. The predicted octanol–water partition coefficient (Wildman–Crippen LogP) is 4.42. The van der Waals surface area contributed by atoms with Crippen LogP contribution in [0.1, 0.15) is 11.1 Å². The molecule has 2 rings (SSSR count). The van der Waals surface area contributed by atoms with Crippen LogP contribution >= 0.6 is 11.8 Å². The number of hydrogen-bond donors (Lipinski definition) is 0. The molecule has 0 aliphatic heterocycles. The number of nitrogens with zero attached hydrogens (tertiary/aromatic N) is 2. The molecule has 116 valence electrons. The van der Waals surface area contributed by atoms with Crippen LogP contribution in [0, 0.1) is 34.1 Å². The van der Waals surface area contributed by atoms with E-state index in [0.717, 1.165) is 27.8 Å². The maximum absolute atomic E-state index is 11.1. The Balaban J connectivity index is 0.00000242. The molecule has 6 nitrogen and oxygen atoms in total. The molecule has 2 aromatic carbocycles. The zero-order chi connectivity index (χ0) is 15.6. The third-order valence-electron chi connectivity index (χ3n) is 2.91. The standard InChI is InChI=1S/C14H12N2O4S.FH/c1-9-6-7-13(10(2)8-9)21-14-11(15(17)18)4-3-5-12(14)16(19)20;/h3-8H,1-2H3;1H. The number of halogens is 1. The van der Waals surface area contributed by atoms with Crippen molar-refractivity contribution in [3.8, 4) is 0 Å². The lowest BCUT2D eigenvalue weighted by Crippen LogP contribution is -1.97. The summed E-state index contributed by atoms with van der Waals surface area (Å²) >= 11 is 1.05. The average molecular weight is 324 g/mol. The van der Waals surface area contributed by atoms with Gasteiger partial charge in [-0.05, 0) is 31.5 Å². The molecule has 0 fully saturated rings. The van der Waals surface area contributed by atoms with Gasteiger partial charge in [0, 0.05) is 17.0 Å². The summed E-state index contributed by atoms with van der Waals surface area (Å²) in [5.41, 5.74) is 1.48. The first kappa shape index (κ1) is 17.6. The Bertz CT molecular complexity index is 705. The second kappa shape index (κ2) is 6.99. The molecule has 0 radical (unpaired) electrons. The van der Waals surface area contributed by atoms with Crippen LogP contribution in [-0.2, 0) is 0 Å². The molecule has 0 aliphatic rings. The highest BCUT2D eigenvalue weighted by Crippen LogP contribution is 2.42. The van der Waals surface area contributed by atoms with Crippen LogP contribution in [-0.4, -0.2) is 9.85 Å². The van der Waals surface area contributed by atoms with Gasteiger partial charge in [0.1, 0.15) is 0 Å². The third kappa shape index (κ3) is 3.59. The summed E-state index contributed by atoms with van der Waals surface area (Å²) in [6.07, 6.45) is 0. The van der Waals surface area contributed by atoms with Gasteiger partial charge in [-0.25, -0.2) is 0 Å². The van der Waals surface area contributed by atoms with Crippen LogP contribution in [0.15, 0.2) is 46.2 Å². The fourth-order valence-electron chi connectivity index (χ4n) is 1.93. The van der Waals surface area contributed by atoms with E-state index in [1.54, 1.807) is 0 Å². The van der Waals surface area contributed by atoms with E-state index in [4.69, 9.17) is 0 Å². The molecule has 0 saturated carbocycles. The van der Waals surface area contributed by atoms with Crippen molar-refractivity contribution in [3.63, 3.8) is 0 Å². The Morgan fingerprint density at radius 2 is 1.50 bits per heavy atom. The molecule has 8 heteroatoms. The molecular formula is C14H13FN2O4S. The SMILES string of the molecule is Cc1ccc(Sc2c([N+](=O)[O-])cccc2[N+](=O)[O-])c(C)c1.F. The Hall–Kier alpha value is -2.48. The van der Waals surface area contributed by atoms with E-state index >= 15 is 0 Å². The smallest absolute Gasteiger partial charge is 0.269 e. The molecule has 0 amide bonds. The minimum absolute atomic E-state index is 0. The molecule has 2 aromatic rings. The summed E-state index contributed by atoms with van der Waals surface area (Å²) in [7, 11) is 0. The third-order valence-corrected chi connectivity index (χ3v) is 4.21. The molecule has 0 unspecified atom stereocenters. The van der Waals surface area contributed by atoms with Crippen molar-refractivity contribution in [1.82, 2.24) is 0 Å². The van der Waals surface area contributed by atoms with E-state index in [2.05, 4.69) is 0 Å². The first-order valence-electron chi connectivity index (χ1n) is 6.07. The second-order valence-corrected chi connectivity index (χ2v) is 5.56. The molecule has 0 N–H and O–H groups in total. The quantitative estimate of drug-likeness (QED) is 0.613. The lowest BCUT2D eigenvalue weighted by atomic mass is 10.2. The van der Waals surface area contributed by atoms with Crippen LogP contribution in [0.2, 0.25) is 0 Å². The van der Waals surface area contributed by atoms with Crippen LogP contribution in [0.4, 0.5) is 16.1 Å². The first-order valence-corrected chi connectivity index (χ1v) is 6.88. The lowest BCUT2D eigenvalue weighted by Gasteiger charge is -2.07. The molecule has 0 atom stereocenters. The van der Waals surface area contributed by atoms with Crippen molar-refractivity contribution in [3.05, 3.63) is 67.8 Å². The van der Waals surface area contributed by atoms with Crippen LogP contribution in [0.5, 0.6) is 0 Å². The summed E-state index contributed by atoms with van der Waals surface area (Å²) < 4.78 is 0. The van der Waals surface area contributed by atoms with Gasteiger partial charge in [0.25, 0.3) is 11.4 Å². The zero-order valence-electron chi connectivity index (χ0n) is 11.8. The predicted molar refractivity (Wildman–Crippen MR) is 82.3 cm³/mol. The number of rotatable bonds is 4. The first-order chi connectivity index (χ1) is 9.90. The van der Waals surface area contributed by atoms with Gasteiger partial charge in [0.2, 0.25) is 0 Å². The largest absolute Gasteiger partial charge is 0.290 e. The van der Waals surface area contributed by atoms with Crippen molar-refractivity contribution in [1.29, 1.82) is 0 Å². The summed E-state index contributed by atoms with van der Waals surface area (Å²) in [6, 6.07) is 9.49. The van der Waals surface area contributed by atoms with Gasteiger partial charge in [0.05, 0.1) is 9.85 Å². The van der Waals surface area contributed by atoms with Crippen molar-refractivity contribution in [2.45, 2.75) is 23.6 Å². The minimum atomic E-state index is -0.598. The highest BCUT2D eigenvalue weighted by molar-refractivity contribution is 7.99. The average Bonchev–Trinajstić information content (AvgIpc) is 2.41. The van der Waals surface area contributed by atoms with E-state index in [9.17, 15) is 20.2 Å². The van der Waals surface area contributed by atoms with E-state index in [1.807, 2.05) is 32.0 Å². The molecule has 0 spiro atoms. The molecular weight excluding hydrogens is 311 g/mol. The topological polar surface area (TPSA) is 86.3 Å². The Morgan fingerprint density at radius 3 is 1.95 bits per heavy atom. The minimum Gasteiger partial charge on any atom is -0.269 e.